The minimum Gasteiger partial charge on any atom is -0.308 e. The standard InChI is InChI=1S/C14H19N5/c1-3-15-10(2)14-16-17-18-19(14)13-9-12(13)11-7-5-4-6-8-11/h4-8,10,12-13,15H,3,9H2,1-2H3. The van der Waals surface area contributed by atoms with Crippen LogP contribution in [-0.4, -0.2) is 26.8 Å². The molecular weight excluding hydrogens is 238 g/mol. The lowest BCUT2D eigenvalue weighted by Crippen LogP contribution is -2.22. The summed E-state index contributed by atoms with van der Waals surface area (Å²) < 4.78 is 1.99. The minimum absolute atomic E-state index is 0.192. The first-order valence-corrected chi connectivity index (χ1v) is 6.87. The highest BCUT2D eigenvalue weighted by atomic mass is 15.6. The third-order valence-electron chi connectivity index (χ3n) is 3.71. The van der Waals surface area contributed by atoms with Crippen molar-refractivity contribution in [3.05, 3.63) is 41.7 Å². The molecule has 0 aliphatic heterocycles. The molecule has 0 spiro atoms. The molecule has 1 saturated carbocycles. The monoisotopic (exact) mass is 257 g/mol. The highest BCUT2D eigenvalue weighted by molar-refractivity contribution is 5.27. The number of hydrogen-bond acceptors (Lipinski definition) is 4. The lowest BCUT2D eigenvalue weighted by molar-refractivity contribution is 0.497. The average molecular weight is 257 g/mol. The molecule has 1 aromatic heterocycles. The van der Waals surface area contributed by atoms with Gasteiger partial charge in [0.05, 0.1) is 12.1 Å². The predicted octanol–water partition coefficient (Wildman–Crippen LogP) is 2.07. The second kappa shape index (κ2) is 5.09. The van der Waals surface area contributed by atoms with E-state index in [-0.39, 0.29) is 6.04 Å². The molecule has 19 heavy (non-hydrogen) atoms. The largest absolute Gasteiger partial charge is 0.308 e. The number of nitrogens with zero attached hydrogens (tertiary/aromatic N) is 4. The second-order valence-electron chi connectivity index (χ2n) is 5.08. The Morgan fingerprint density at radius 2 is 2.16 bits per heavy atom. The number of tetrazole rings is 1. The molecule has 1 aliphatic rings. The number of aromatic nitrogens is 4. The minimum atomic E-state index is 0.192. The molecule has 0 amide bonds. The molecule has 100 valence electrons. The smallest absolute Gasteiger partial charge is 0.168 e. The number of benzene rings is 1. The van der Waals surface area contributed by atoms with Crippen molar-refractivity contribution in [2.75, 3.05) is 6.54 Å². The Kier molecular flexibility index (Phi) is 3.29. The first-order valence-electron chi connectivity index (χ1n) is 6.87. The van der Waals surface area contributed by atoms with Gasteiger partial charge in [-0.25, -0.2) is 4.68 Å². The summed E-state index contributed by atoms with van der Waals surface area (Å²) in [5.41, 5.74) is 1.38. The molecule has 3 rings (SSSR count). The van der Waals surface area contributed by atoms with Gasteiger partial charge in [-0.3, -0.25) is 0 Å². The maximum Gasteiger partial charge on any atom is 0.168 e. The first-order chi connectivity index (χ1) is 9.31. The molecular formula is C14H19N5. The Morgan fingerprint density at radius 1 is 1.37 bits per heavy atom. The van der Waals surface area contributed by atoms with Crippen molar-refractivity contribution >= 4 is 0 Å². The van der Waals surface area contributed by atoms with E-state index in [1.165, 1.54) is 5.56 Å². The maximum absolute atomic E-state index is 4.17. The average Bonchev–Trinajstić information content (AvgIpc) is 3.08. The maximum atomic E-state index is 4.17. The summed E-state index contributed by atoms with van der Waals surface area (Å²) in [6.45, 7) is 5.11. The van der Waals surface area contributed by atoms with Gasteiger partial charge in [0.2, 0.25) is 0 Å². The fourth-order valence-electron chi connectivity index (χ4n) is 2.63. The summed E-state index contributed by atoms with van der Waals surface area (Å²) in [5.74, 6) is 1.49. The van der Waals surface area contributed by atoms with Crippen LogP contribution >= 0.6 is 0 Å². The van der Waals surface area contributed by atoms with Crippen molar-refractivity contribution in [1.82, 2.24) is 25.5 Å². The van der Waals surface area contributed by atoms with Gasteiger partial charge >= 0.3 is 0 Å². The fraction of sp³-hybridized carbons (Fsp3) is 0.500. The van der Waals surface area contributed by atoms with E-state index in [1.54, 1.807) is 0 Å². The van der Waals surface area contributed by atoms with Crippen LogP contribution in [-0.2, 0) is 0 Å². The van der Waals surface area contributed by atoms with Crippen LogP contribution in [0, 0.1) is 0 Å². The molecule has 0 radical (unpaired) electrons. The van der Waals surface area contributed by atoms with Crippen molar-refractivity contribution in [2.45, 2.75) is 38.3 Å². The molecule has 1 fully saturated rings. The quantitative estimate of drug-likeness (QED) is 0.891. The van der Waals surface area contributed by atoms with Crippen molar-refractivity contribution in [3.63, 3.8) is 0 Å². The van der Waals surface area contributed by atoms with Gasteiger partial charge in [0.1, 0.15) is 0 Å². The molecule has 1 aromatic carbocycles. The summed E-state index contributed by atoms with van der Waals surface area (Å²) in [6.07, 6.45) is 1.13. The molecule has 0 bridgehead atoms. The van der Waals surface area contributed by atoms with Gasteiger partial charge in [-0.15, -0.1) is 5.10 Å². The van der Waals surface area contributed by atoms with Gasteiger partial charge in [-0.2, -0.15) is 0 Å². The van der Waals surface area contributed by atoms with Crippen LogP contribution in [0.4, 0.5) is 0 Å². The van der Waals surface area contributed by atoms with E-state index >= 15 is 0 Å². The van der Waals surface area contributed by atoms with Gasteiger partial charge in [0, 0.05) is 5.92 Å². The zero-order valence-corrected chi connectivity index (χ0v) is 11.3. The van der Waals surface area contributed by atoms with E-state index in [4.69, 9.17) is 0 Å². The van der Waals surface area contributed by atoms with Crippen LogP contribution in [0.3, 0.4) is 0 Å². The van der Waals surface area contributed by atoms with E-state index in [0.29, 0.717) is 12.0 Å². The highest BCUT2D eigenvalue weighted by Gasteiger charge is 2.42. The summed E-state index contributed by atoms with van der Waals surface area (Å²) in [7, 11) is 0. The fourth-order valence-corrected chi connectivity index (χ4v) is 2.63. The normalized spacial score (nSPS) is 23.3. The van der Waals surface area contributed by atoms with Gasteiger partial charge in [-0.05, 0) is 35.9 Å². The van der Waals surface area contributed by atoms with Crippen LogP contribution < -0.4 is 5.32 Å². The zero-order chi connectivity index (χ0) is 13.2. The van der Waals surface area contributed by atoms with Crippen LogP contribution in [0.1, 0.15) is 49.7 Å². The zero-order valence-electron chi connectivity index (χ0n) is 11.3. The predicted molar refractivity (Wildman–Crippen MR) is 72.7 cm³/mol. The Bertz CT molecular complexity index is 536. The molecule has 1 aliphatic carbocycles. The SMILES string of the molecule is CCNC(C)c1nnnn1C1CC1c1ccccc1. The lowest BCUT2D eigenvalue weighted by atomic mass is 10.1. The van der Waals surface area contributed by atoms with Gasteiger partial charge in [0.15, 0.2) is 5.82 Å². The van der Waals surface area contributed by atoms with Crippen LogP contribution in [0.15, 0.2) is 30.3 Å². The molecule has 3 unspecified atom stereocenters. The summed E-state index contributed by atoms with van der Waals surface area (Å²) in [6, 6.07) is 11.2. The summed E-state index contributed by atoms with van der Waals surface area (Å²) >= 11 is 0. The van der Waals surface area contributed by atoms with E-state index in [2.05, 4.69) is 65.0 Å². The molecule has 1 N–H and O–H groups in total. The topological polar surface area (TPSA) is 55.6 Å². The summed E-state index contributed by atoms with van der Waals surface area (Å²) in [5, 5.41) is 15.5. The van der Waals surface area contributed by atoms with Crippen LogP contribution in [0.5, 0.6) is 0 Å². The Labute approximate surface area is 113 Å². The van der Waals surface area contributed by atoms with E-state index < -0.39 is 0 Å². The Balaban J connectivity index is 1.77. The first kappa shape index (κ1) is 12.3. The van der Waals surface area contributed by atoms with Crippen molar-refractivity contribution in [2.24, 2.45) is 0 Å². The molecule has 5 heteroatoms. The third-order valence-corrected chi connectivity index (χ3v) is 3.71. The number of nitrogens with one attached hydrogen (secondary N) is 1. The summed E-state index contributed by atoms with van der Waals surface area (Å²) in [4.78, 5) is 0. The van der Waals surface area contributed by atoms with Gasteiger partial charge in [0.25, 0.3) is 0 Å². The molecule has 5 nitrogen and oxygen atoms in total. The van der Waals surface area contributed by atoms with Crippen molar-refractivity contribution in [1.29, 1.82) is 0 Å². The molecule has 0 saturated heterocycles. The van der Waals surface area contributed by atoms with Crippen molar-refractivity contribution < 1.29 is 0 Å². The number of hydrogen-bond donors (Lipinski definition) is 1. The second-order valence-corrected chi connectivity index (χ2v) is 5.08. The van der Waals surface area contributed by atoms with Crippen LogP contribution in [0.2, 0.25) is 0 Å². The van der Waals surface area contributed by atoms with Gasteiger partial charge in [-0.1, -0.05) is 37.3 Å². The molecule has 2 aromatic rings. The van der Waals surface area contributed by atoms with Crippen LogP contribution in [0.25, 0.3) is 0 Å². The number of rotatable bonds is 5. The van der Waals surface area contributed by atoms with Gasteiger partial charge < -0.3 is 5.32 Å². The van der Waals surface area contributed by atoms with Crippen molar-refractivity contribution in [3.8, 4) is 0 Å². The third kappa shape index (κ3) is 2.38. The Hall–Kier alpha value is -1.75. The molecule has 3 atom stereocenters. The van der Waals surface area contributed by atoms with E-state index in [9.17, 15) is 0 Å². The van der Waals surface area contributed by atoms with E-state index in [0.717, 1.165) is 18.8 Å². The molecule has 1 heterocycles. The Morgan fingerprint density at radius 3 is 2.89 bits per heavy atom. The highest BCUT2D eigenvalue weighted by Crippen LogP contribution is 2.51. The van der Waals surface area contributed by atoms with E-state index in [1.807, 2.05) is 4.68 Å². The lowest BCUT2D eigenvalue weighted by Gasteiger charge is -2.11.